The van der Waals surface area contributed by atoms with Gasteiger partial charge >= 0.3 is 0 Å². The van der Waals surface area contributed by atoms with Crippen LogP contribution < -0.4 is 10.9 Å². The molecular formula is C15H25N3O3. The van der Waals surface area contributed by atoms with Gasteiger partial charge in [0.15, 0.2) is 0 Å². The van der Waals surface area contributed by atoms with Crippen LogP contribution in [0.25, 0.3) is 0 Å². The van der Waals surface area contributed by atoms with Gasteiger partial charge in [-0.2, -0.15) is 0 Å². The van der Waals surface area contributed by atoms with Gasteiger partial charge in [-0.05, 0) is 19.8 Å². The zero-order valence-corrected chi connectivity index (χ0v) is 13.0. The van der Waals surface area contributed by atoms with Crippen LogP contribution in [0.4, 0.5) is 0 Å². The van der Waals surface area contributed by atoms with Crippen LogP contribution in [0.3, 0.4) is 0 Å². The molecule has 0 fully saturated rings. The van der Waals surface area contributed by atoms with Gasteiger partial charge in [0.1, 0.15) is 11.4 Å². The molecule has 1 rings (SSSR count). The number of aliphatic hydroxyl groups is 1. The number of nitrogens with one attached hydrogen (secondary N) is 2. The third kappa shape index (κ3) is 5.30. The van der Waals surface area contributed by atoms with Crippen molar-refractivity contribution >= 4 is 5.91 Å². The van der Waals surface area contributed by atoms with E-state index in [1.165, 1.54) is 0 Å². The SMILES string of the molecule is Cc1nc(C(C)C)[nH]c(=O)c1C(=O)NCCCCCCO. The van der Waals surface area contributed by atoms with E-state index in [1.807, 2.05) is 13.8 Å². The first-order chi connectivity index (χ1) is 9.97. The Morgan fingerprint density at radius 2 is 1.95 bits per heavy atom. The highest BCUT2D eigenvalue weighted by Crippen LogP contribution is 2.08. The first kappa shape index (κ1) is 17.4. The minimum Gasteiger partial charge on any atom is -0.396 e. The molecule has 0 aliphatic rings. The van der Waals surface area contributed by atoms with E-state index in [0.29, 0.717) is 18.1 Å². The third-order valence-corrected chi connectivity index (χ3v) is 3.26. The van der Waals surface area contributed by atoms with Gasteiger partial charge < -0.3 is 15.4 Å². The van der Waals surface area contributed by atoms with E-state index >= 15 is 0 Å². The van der Waals surface area contributed by atoms with Gasteiger partial charge in [0.2, 0.25) is 0 Å². The maximum atomic E-state index is 12.0. The second kappa shape index (κ2) is 8.56. The summed E-state index contributed by atoms with van der Waals surface area (Å²) in [7, 11) is 0. The monoisotopic (exact) mass is 295 g/mol. The van der Waals surface area contributed by atoms with Gasteiger partial charge in [-0.3, -0.25) is 9.59 Å². The molecule has 21 heavy (non-hydrogen) atoms. The number of aliphatic hydroxyl groups excluding tert-OH is 1. The number of aromatic nitrogens is 2. The lowest BCUT2D eigenvalue weighted by Gasteiger charge is -2.09. The normalized spacial score (nSPS) is 10.9. The Labute approximate surface area is 125 Å². The van der Waals surface area contributed by atoms with E-state index in [4.69, 9.17) is 5.11 Å². The third-order valence-electron chi connectivity index (χ3n) is 3.26. The van der Waals surface area contributed by atoms with Crippen molar-refractivity contribution in [1.29, 1.82) is 0 Å². The molecule has 0 aromatic carbocycles. The Bertz CT molecular complexity index is 523. The fourth-order valence-electron chi connectivity index (χ4n) is 2.03. The lowest BCUT2D eigenvalue weighted by molar-refractivity contribution is 0.0950. The quantitative estimate of drug-likeness (QED) is 0.633. The predicted octanol–water partition coefficient (Wildman–Crippen LogP) is 1.48. The smallest absolute Gasteiger partial charge is 0.264 e. The largest absolute Gasteiger partial charge is 0.396 e. The second-order valence-electron chi connectivity index (χ2n) is 5.46. The fourth-order valence-corrected chi connectivity index (χ4v) is 2.03. The van der Waals surface area contributed by atoms with Crippen LogP contribution in [0.2, 0.25) is 0 Å². The molecule has 118 valence electrons. The summed E-state index contributed by atoms with van der Waals surface area (Å²) in [6.45, 7) is 6.27. The number of aryl methyl sites for hydroxylation is 1. The van der Waals surface area contributed by atoms with Crippen LogP contribution in [0.15, 0.2) is 4.79 Å². The van der Waals surface area contributed by atoms with E-state index in [1.54, 1.807) is 6.92 Å². The summed E-state index contributed by atoms with van der Waals surface area (Å²) in [5.74, 6) is 0.330. The van der Waals surface area contributed by atoms with Crippen molar-refractivity contribution in [3.63, 3.8) is 0 Å². The van der Waals surface area contributed by atoms with Gasteiger partial charge in [0, 0.05) is 19.1 Å². The number of H-pyrrole nitrogens is 1. The van der Waals surface area contributed by atoms with Gasteiger partial charge in [-0.15, -0.1) is 0 Å². The lowest BCUT2D eigenvalue weighted by atomic mass is 10.1. The molecule has 3 N–H and O–H groups in total. The first-order valence-corrected chi connectivity index (χ1v) is 7.47. The first-order valence-electron chi connectivity index (χ1n) is 7.47. The minimum atomic E-state index is -0.385. The number of unbranched alkanes of at least 4 members (excludes halogenated alkanes) is 3. The summed E-state index contributed by atoms with van der Waals surface area (Å²) in [4.78, 5) is 31.0. The summed E-state index contributed by atoms with van der Waals surface area (Å²) < 4.78 is 0. The highest BCUT2D eigenvalue weighted by molar-refractivity contribution is 5.94. The van der Waals surface area contributed by atoms with Crippen molar-refractivity contribution in [3.05, 3.63) is 27.4 Å². The van der Waals surface area contributed by atoms with Crippen LogP contribution >= 0.6 is 0 Å². The number of hydrogen-bond donors (Lipinski definition) is 3. The van der Waals surface area contributed by atoms with E-state index in [2.05, 4.69) is 15.3 Å². The Balaban J connectivity index is 2.60. The fraction of sp³-hybridized carbons (Fsp3) is 0.667. The molecule has 6 heteroatoms. The Morgan fingerprint density at radius 1 is 1.29 bits per heavy atom. The minimum absolute atomic E-state index is 0.0924. The number of aromatic amines is 1. The van der Waals surface area contributed by atoms with Gasteiger partial charge in [0.05, 0.1) is 5.69 Å². The summed E-state index contributed by atoms with van der Waals surface area (Å²) in [6.07, 6.45) is 3.50. The van der Waals surface area contributed by atoms with Crippen LogP contribution in [-0.4, -0.2) is 34.1 Å². The molecule has 0 aliphatic heterocycles. The van der Waals surface area contributed by atoms with Crippen LogP contribution in [-0.2, 0) is 0 Å². The van der Waals surface area contributed by atoms with E-state index in [0.717, 1.165) is 25.7 Å². The standard InChI is InChI=1S/C15H25N3O3/c1-10(2)13-17-11(3)12(15(21)18-13)14(20)16-8-6-4-5-7-9-19/h10,19H,4-9H2,1-3H3,(H,16,20)(H,17,18,21). The molecule has 0 atom stereocenters. The molecule has 1 amide bonds. The van der Waals surface area contributed by atoms with Crippen molar-refractivity contribution in [2.45, 2.75) is 52.4 Å². The summed E-state index contributed by atoms with van der Waals surface area (Å²) in [6, 6.07) is 0. The predicted molar refractivity (Wildman–Crippen MR) is 81.6 cm³/mol. The summed E-state index contributed by atoms with van der Waals surface area (Å²) >= 11 is 0. The Hall–Kier alpha value is -1.69. The van der Waals surface area contributed by atoms with Crippen LogP contribution in [0.5, 0.6) is 0 Å². The van der Waals surface area contributed by atoms with Gasteiger partial charge in [0.25, 0.3) is 11.5 Å². The number of amides is 1. The van der Waals surface area contributed by atoms with Gasteiger partial charge in [-0.1, -0.05) is 26.7 Å². The molecule has 1 aromatic rings. The average molecular weight is 295 g/mol. The molecule has 1 heterocycles. The highest BCUT2D eigenvalue weighted by atomic mass is 16.3. The van der Waals surface area contributed by atoms with E-state index in [9.17, 15) is 9.59 Å². The van der Waals surface area contributed by atoms with Gasteiger partial charge in [-0.25, -0.2) is 4.98 Å². The highest BCUT2D eigenvalue weighted by Gasteiger charge is 2.16. The molecule has 0 saturated heterocycles. The zero-order chi connectivity index (χ0) is 15.8. The molecule has 1 aromatic heterocycles. The van der Waals surface area contributed by atoms with E-state index < -0.39 is 0 Å². The number of carbonyl (C=O) groups is 1. The number of rotatable bonds is 8. The molecule has 0 spiro atoms. The van der Waals surface area contributed by atoms with Crippen LogP contribution in [0, 0.1) is 6.92 Å². The second-order valence-corrected chi connectivity index (χ2v) is 5.46. The molecule has 6 nitrogen and oxygen atoms in total. The lowest BCUT2D eigenvalue weighted by Crippen LogP contribution is -2.32. The number of carbonyl (C=O) groups excluding carboxylic acids is 1. The Kier molecular flexibility index (Phi) is 7.08. The zero-order valence-electron chi connectivity index (χ0n) is 13.0. The summed E-state index contributed by atoms with van der Waals surface area (Å²) in [5.41, 5.74) is 0.166. The molecule has 0 bridgehead atoms. The molecule has 0 aliphatic carbocycles. The van der Waals surface area contributed by atoms with Crippen LogP contribution in [0.1, 0.15) is 67.3 Å². The molecule has 0 unspecified atom stereocenters. The molecular weight excluding hydrogens is 270 g/mol. The Morgan fingerprint density at radius 3 is 2.52 bits per heavy atom. The topological polar surface area (TPSA) is 95.1 Å². The average Bonchev–Trinajstić information content (AvgIpc) is 2.41. The van der Waals surface area contributed by atoms with Crippen molar-refractivity contribution in [2.75, 3.05) is 13.2 Å². The molecule has 0 saturated carbocycles. The maximum absolute atomic E-state index is 12.0. The number of hydrogen-bond acceptors (Lipinski definition) is 4. The van der Waals surface area contributed by atoms with Crippen molar-refractivity contribution in [2.24, 2.45) is 0 Å². The van der Waals surface area contributed by atoms with E-state index in [-0.39, 0.29) is 29.6 Å². The van der Waals surface area contributed by atoms with Crippen molar-refractivity contribution < 1.29 is 9.90 Å². The summed E-state index contributed by atoms with van der Waals surface area (Å²) in [5, 5.41) is 11.4. The van der Waals surface area contributed by atoms with Crippen molar-refractivity contribution in [3.8, 4) is 0 Å². The maximum Gasteiger partial charge on any atom is 0.264 e. The molecule has 0 radical (unpaired) electrons. The number of nitrogens with zero attached hydrogens (tertiary/aromatic N) is 1. The van der Waals surface area contributed by atoms with Crippen molar-refractivity contribution in [1.82, 2.24) is 15.3 Å².